The lowest BCUT2D eigenvalue weighted by atomic mass is 10.2. The molecule has 0 fully saturated rings. The Bertz CT molecular complexity index is 293. The summed E-state index contributed by atoms with van der Waals surface area (Å²) >= 11 is 15.1. The molecule has 0 aliphatic heterocycles. The van der Waals surface area contributed by atoms with Gasteiger partial charge in [-0.2, -0.15) is 0 Å². The molecule has 0 aliphatic carbocycles. The molecule has 0 spiro atoms. The minimum Gasteiger partial charge on any atom is -0.466 e. The first kappa shape index (κ1) is 14.6. The van der Waals surface area contributed by atoms with E-state index >= 15 is 0 Å². The minimum atomic E-state index is -1.94. The molecule has 0 N–H and O–H groups in total. The normalized spacial score (nSPS) is 9.93. The van der Waals surface area contributed by atoms with E-state index in [1.54, 1.807) is 0 Å². The highest BCUT2D eigenvalue weighted by atomic mass is 35.6. The van der Waals surface area contributed by atoms with E-state index in [-0.39, 0.29) is 0 Å². The lowest BCUT2D eigenvalue weighted by molar-refractivity contribution is -0.139. The van der Waals surface area contributed by atoms with E-state index < -0.39 is 9.76 Å². The molecule has 0 atom stereocenters. The quantitative estimate of drug-likeness (QED) is 0.532. The fraction of sp³-hybridized carbons (Fsp3) is 0.300. The number of methoxy groups -OCH3 is 1. The first-order chi connectivity index (χ1) is 6.88. The van der Waals surface area contributed by atoms with Gasteiger partial charge in [0.25, 0.3) is 3.79 Å². The molecule has 15 heavy (non-hydrogen) atoms. The van der Waals surface area contributed by atoms with Gasteiger partial charge >= 0.3 is 5.97 Å². The van der Waals surface area contributed by atoms with E-state index in [9.17, 15) is 4.79 Å². The zero-order valence-corrected chi connectivity index (χ0v) is 10.6. The number of hydrogen-bond acceptors (Lipinski definition) is 2. The maximum absolute atomic E-state index is 10.2. The molecule has 0 heterocycles. The maximum Gasteiger partial charge on any atom is 0.358 e. The van der Waals surface area contributed by atoms with Crippen LogP contribution in [0.1, 0.15) is 5.56 Å². The van der Waals surface area contributed by atoms with Crippen molar-refractivity contribution >= 4 is 40.8 Å². The Kier molecular flexibility index (Phi) is 6.73. The van der Waals surface area contributed by atoms with Gasteiger partial charge in [0.15, 0.2) is 0 Å². The topological polar surface area (TPSA) is 26.3 Å². The van der Waals surface area contributed by atoms with E-state index in [0.717, 1.165) is 7.11 Å². The molecule has 0 aliphatic rings. The zero-order valence-electron chi connectivity index (χ0n) is 8.34. The third kappa shape index (κ3) is 7.48. The maximum atomic E-state index is 10.2. The fourth-order valence-corrected chi connectivity index (χ4v) is 0.882. The van der Waals surface area contributed by atoms with Crippen molar-refractivity contribution < 1.29 is 9.53 Å². The predicted octanol–water partition coefficient (Wildman–Crippen LogP) is 3.52. The lowest BCUT2D eigenvalue weighted by Gasteiger charge is -2.05. The molecule has 1 aromatic rings. The van der Waals surface area contributed by atoms with E-state index in [4.69, 9.17) is 34.8 Å². The second-order valence-electron chi connectivity index (χ2n) is 2.64. The van der Waals surface area contributed by atoms with Crippen LogP contribution in [0.15, 0.2) is 30.3 Å². The number of carbonyl (C=O) groups is 1. The number of halogens is 3. The van der Waals surface area contributed by atoms with Gasteiger partial charge in [-0.15, -0.1) is 0 Å². The van der Waals surface area contributed by atoms with Crippen molar-refractivity contribution in [1.82, 2.24) is 0 Å². The van der Waals surface area contributed by atoms with Crippen LogP contribution in [0.2, 0.25) is 0 Å². The summed E-state index contributed by atoms with van der Waals surface area (Å²) in [6.07, 6.45) is 0. The number of carbonyl (C=O) groups excluding carboxylic acids is 1. The van der Waals surface area contributed by atoms with Crippen LogP contribution in [0.5, 0.6) is 0 Å². The highest BCUT2D eigenvalue weighted by Gasteiger charge is 2.31. The summed E-state index contributed by atoms with van der Waals surface area (Å²) in [5.41, 5.74) is 1.32. The number of esters is 1. The van der Waals surface area contributed by atoms with E-state index in [2.05, 4.69) is 23.8 Å². The van der Waals surface area contributed by atoms with Crippen molar-refractivity contribution in [3.63, 3.8) is 0 Å². The van der Waals surface area contributed by atoms with Crippen LogP contribution in [-0.2, 0) is 9.53 Å². The number of alkyl halides is 3. The largest absolute Gasteiger partial charge is 0.466 e. The second-order valence-corrected chi connectivity index (χ2v) is 4.93. The van der Waals surface area contributed by atoms with Gasteiger partial charge in [-0.05, 0) is 6.92 Å². The van der Waals surface area contributed by atoms with Crippen LogP contribution < -0.4 is 0 Å². The van der Waals surface area contributed by atoms with E-state index in [1.807, 2.05) is 18.2 Å². The fourth-order valence-electron chi connectivity index (χ4n) is 0.650. The molecule has 5 heteroatoms. The van der Waals surface area contributed by atoms with E-state index in [1.165, 1.54) is 5.56 Å². The predicted molar refractivity (Wildman–Crippen MR) is 63.5 cm³/mol. The van der Waals surface area contributed by atoms with Gasteiger partial charge in [-0.1, -0.05) is 70.7 Å². The van der Waals surface area contributed by atoms with E-state index in [0.29, 0.717) is 0 Å². The Hall–Kier alpha value is -0.440. The smallest absolute Gasteiger partial charge is 0.358 e. The van der Waals surface area contributed by atoms with Crippen LogP contribution in [0.4, 0.5) is 0 Å². The summed E-state index contributed by atoms with van der Waals surface area (Å²) in [4.78, 5) is 10.2. The van der Waals surface area contributed by atoms with Crippen molar-refractivity contribution in [2.75, 3.05) is 7.11 Å². The van der Waals surface area contributed by atoms with Gasteiger partial charge in [0.05, 0.1) is 7.11 Å². The molecule has 0 aromatic heterocycles. The molecule has 1 rings (SSSR count). The van der Waals surface area contributed by atoms with Crippen LogP contribution in [-0.4, -0.2) is 16.9 Å². The molecule has 0 saturated heterocycles. The molecule has 0 radical (unpaired) electrons. The average Bonchev–Trinajstić information content (AvgIpc) is 2.17. The Labute approximate surface area is 104 Å². The molecule has 1 aromatic carbocycles. The number of benzene rings is 1. The highest BCUT2D eigenvalue weighted by molar-refractivity contribution is 6.75. The lowest BCUT2D eigenvalue weighted by Crippen LogP contribution is -2.19. The summed E-state index contributed by atoms with van der Waals surface area (Å²) in [6, 6.07) is 10.3. The number of hydrogen-bond donors (Lipinski definition) is 0. The Balaban J connectivity index is 0.000000262. The Morgan fingerprint density at radius 2 is 1.67 bits per heavy atom. The van der Waals surface area contributed by atoms with Crippen LogP contribution in [0.25, 0.3) is 0 Å². The van der Waals surface area contributed by atoms with Crippen LogP contribution in [0, 0.1) is 6.92 Å². The van der Waals surface area contributed by atoms with Gasteiger partial charge in [0, 0.05) is 0 Å². The van der Waals surface area contributed by atoms with Crippen molar-refractivity contribution in [2.24, 2.45) is 0 Å². The molecule has 84 valence electrons. The molecule has 2 nitrogen and oxygen atoms in total. The molecule has 0 bridgehead atoms. The van der Waals surface area contributed by atoms with Gasteiger partial charge in [-0.25, -0.2) is 4.79 Å². The summed E-state index contributed by atoms with van der Waals surface area (Å²) in [6.45, 7) is 2.08. The number of ether oxygens (including phenoxy) is 1. The zero-order chi connectivity index (χ0) is 11.9. The molecule has 0 unspecified atom stereocenters. The SMILES string of the molecule is COC(=O)C(Cl)(Cl)Cl.Cc1ccccc1. The first-order valence-corrected chi connectivity index (χ1v) is 5.18. The van der Waals surface area contributed by atoms with Crippen LogP contribution in [0.3, 0.4) is 0 Å². The summed E-state index contributed by atoms with van der Waals surface area (Å²) in [5.74, 6) is -0.873. The monoisotopic (exact) mass is 268 g/mol. The molecule has 0 amide bonds. The van der Waals surface area contributed by atoms with Crippen molar-refractivity contribution in [2.45, 2.75) is 10.7 Å². The standard InChI is InChI=1S/C7H8.C3H3Cl3O2/c1-7-5-3-2-4-6-7;1-8-2(7)3(4,5)6/h2-6H,1H3;1H3. The van der Waals surface area contributed by atoms with Crippen molar-refractivity contribution in [3.05, 3.63) is 35.9 Å². The van der Waals surface area contributed by atoms with Gasteiger partial charge in [0.1, 0.15) is 0 Å². The highest BCUT2D eigenvalue weighted by Crippen LogP contribution is 2.26. The third-order valence-corrected chi connectivity index (χ3v) is 1.82. The summed E-state index contributed by atoms with van der Waals surface area (Å²) < 4.78 is 2.14. The molecular formula is C10H11Cl3O2. The summed E-state index contributed by atoms with van der Waals surface area (Å²) in [7, 11) is 1.14. The van der Waals surface area contributed by atoms with Crippen molar-refractivity contribution in [1.29, 1.82) is 0 Å². The Morgan fingerprint density at radius 1 is 1.20 bits per heavy atom. The average molecular weight is 270 g/mol. The number of rotatable bonds is 0. The minimum absolute atomic E-state index is 0.873. The first-order valence-electron chi connectivity index (χ1n) is 4.04. The second kappa shape index (κ2) is 6.94. The summed E-state index contributed by atoms with van der Waals surface area (Å²) in [5, 5.41) is 0. The third-order valence-electron chi connectivity index (χ3n) is 1.36. The number of aryl methyl sites for hydroxylation is 1. The van der Waals surface area contributed by atoms with Gasteiger partial charge in [-0.3, -0.25) is 0 Å². The Morgan fingerprint density at radius 3 is 1.80 bits per heavy atom. The molecule has 0 saturated carbocycles. The van der Waals surface area contributed by atoms with Gasteiger partial charge < -0.3 is 4.74 Å². The molecular weight excluding hydrogens is 258 g/mol. The van der Waals surface area contributed by atoms with Crippen LogP contribution >= 0.6 is 34.8 Å². The van der Waals surface area contributed by atoms with Gasteiger partial charge in [0.2, 0.25) is 0 Å². The van der Waals surface area contributed by atoms with Crippen molar-refractivity contribution in [3.8, 4) is 0 Å².